The molecule has 3 aromatic rings. The van der Waals surface area contributed by atoms with Gasteiger partial charge in [0.2, 0.25) is 0 Å². The van der Waals surface area contributed by atoms with Gasteiger partial charge in [0.15, 0.2) is 11.6 Å². The minimum Gasteiger partial charge on any atom is -0.505 e. The average molecular weight is 419 g/mol. The fraction of sp³-hybridized carbons (Fsp3) is 0.346. The number of aromatic hydroxyl groups is 1. The van der Waals surface area contributed by atoms with Crippen molar-refractivity contribution in [1.29, 1.82) is 0 Å². The Labute approximate surface area is 181 Å². The Kier molecular flexibility index (Phi) is 4.74. The summed E-state index contributed by atoms with van der Waals surface area (Å²) >= 11 is 0. The number of aryl methyl sites for hydroxylation is 1. The molecular formula is C26H27FN2O2. The topological polar surface area (TPSA) is 58.3 Å². The van der Waals surface area contributed by atoms with Crippen LogP contribution in [0.25, 0.3) is 11.8 Å². The van der Waals surface area contributed by atoms with E-state index in [0.717, 1.165) is 37.1 Å². The highest BCUT2D eigenvalue weighted by molar-refractivity contribution is 5.61. The Morgan fingerprint density at radius 1 is 1.19 bits per heavy atom. The lowest BCUT2D eigenvalue weighted by molar-refractivity contribution is 0.0215. The summed E-state index contributed by atoms with van der Waals surface area (Å²) in [5.41, 5.74) is 6.23. The zero-order valence-corrected chi connectivity index (χ0v) is 17.8. The van der Waals surface area contributed by atoms with Gasteiger partial charge in [0.05, 0.1) is 23.7 Å². The lowest BCUT2D eigenvalue weighted by Gasteiger charge is -2.47. The maximum absolute atomic E-state index is 13.5. The molecule has 2 aromatic carbocycles. The van der Waals surface area contributed by atoms with Crippen LogP contribution in [0.1, 0.15) is 54.7 Å². The lowest BCUT2D eigenvalue weighted by Crippen LogP contribution is -2.40. The van der Waals surface area contributed by atoms with E-state index in [-0.39, 0.29) is 11.3 Å². The monoisotopic (exact) mass is 418 g/mol. The van der Waals surface area contributed by atoms with Crippen molar-refractivity contribution < 1.29 is 14.6 Å². The van der Waals surface area contributed by atoms with Crippen LogP contribution in [0.2, 0.25) is 0 Å². The largest absolute Gasteiger partial charge is 0.505 e. The van der Waals surface area contributed by atoms with Crippen LogP contribution in [-0.4, -0.2) is 20.0 Å². The quantitative estimate of drug-likeness (QED) is 0.590. The molecule has 2 N–H and O–H groups in total. The molecule has 0 bridgehead atoms. The fourth-order valence-electron chi connectivity index (χ4n) is 5.42. The van der Waals surface area contributed by atoms with Crippen LogP contribution in [0, 0.1) is 24.1 Å². The van der Waals surface area contributed by atoms with Crippen molar-refractivity contribution in [3.05, 3.63) is 82.4 Å². The van der Waals surface area contributed by atoms with Crippen molar-refractivity contribution in [1.82, 2.24) is 9.78 Å². The third-order valence-electron chi connectivity index (χ3n) is 7.24. The van der Waals surface area contributed by atoms with E-state index in [1.807, 2.05) is 10.9 Å². The first-order valence-electron chi connectivity index (χ1n) is 10.9. The van der Waals surface area contributed by atoms with Gasteiger partial charge in [0.25, 0.3) is 0 Å². The van der Waals surface area contributed by atoms with E-state index in [4.69, 9.17) is 0 Å². The fourth-order valence-corrected chi connectivity index (χ4v) is 5.42. The van der Waals surface area contributed by atoms with Crippen LogP contribution >= 0.6 is 0 Å². The van der Waals surface area contributed by atoms with Gasteiger partial charge in [-0.1, -0.05) is 36.3 Å². The Balaban J connectivity index is 1.51. The molecule has 1 heterocycles. The van der Waals surface area contributed by atoms with Crippen LogP contribution in [0.15, 0.2) is 54.2 Å². The Bertz CT molecular complexity index is 1160. The molecule has 2 aliphatic carbocycles. The van der Waals surface area contributed by atoms with Crippen LogP contribution < -0.4 is 0 Å². The molecule has 1 saturated carbocycles. The van der Waals surface area contributed by atoms with E-state index in [0.29, 0.717) is 5.56 Å². The maximum atomic E-state index is 13.5. The number of fused-ring (bicyclic) bond motifs is 2. The first-order valence-corrected chi connectivity index (χ1v) is 10.9. The number of aliphatic hydroxyl groups is 1. The number of hydrogen-bond acceptors (Lipinski definition) is 3. The molecule has 0 amide bonds. The van der Waals surface area contributed by atoms with Gasteiger partial charge >= 0.3 is 0 Å². The van der Waals surface area contributed by atoms with E-state index in [9.17, 15) is 14.6 Å². The molecule has 160 valence electrons. The molecule has 3 atom stereocenters. The summed E-state index contributed by atoms with van der Waals surface area (Å²) in [5, 5.41) is 25.7. The number of nitrogens with zero attached hydrogens (tertiary/aromatic N) is 2. The number of rotatable bonds is 3. The summed E-state index contributed by atoms with van der Waals surface area (Å²) in [5.74, 6) is -1.11. The van der Waals surface area contributed by atoms with Crippen molar-refractivity contribution in [3.8, 4) is 11.4 Å². The highest BCUT2D eigenvalue weighted by Gasteiger charge is 2.46. The van der Waals surface area contributed by atoms with Gasteiger partial charge in [-0.2, -0.15) is 5.10 Å². The molecule has 3 unspecified atom stereocenters. The highest BCUT2D eigenvalue weighted by atomic mass is 19.1. The molecule has 2 aliphatic rings. The van der Waals surface area contributed by atoms with Gasteiger partial charge in [-0.15, -0.1) is 0 Å². The second-order valence-corrected chi connectivity index (χ2v) is 9.22. The standard InChI is InChI=1S/C26H27FN2O2/c1-16-6-9-20(10-7-16)29-23-13-19-4-3-5-21(26(19,2)14-18(23)15-28-29)25(31)17-8-11-22(27)24(30)12-17/h6-13,15,21,25,30-31H,3-5,14H2,1-2H3. The Morgan fingerprint density at radius 3 is 2.71 bits per heavy atom. The number of phenols is 1. The number of aliphatic hydroxyl groups excluding tert-OH is 1. The van der Waals surface area contributed by atoms with Crippen LogP contribution in [0.5, 0.6) is 5.75 Å². The minimum absolute atomic E-state index is 0.0202. The third-order valence-corrected chi connectivity index (χ3v) is 7.24. The van der Waals surface area contributed by atoms with Gasteiger partial charge in [0.1, 0.15) is 0 Å². The second kappa shape index (κ2) is 7.34. The van der Waals surface area contributed by atoms with Crippen molar-refractivity contribution >= 4 is 6.08 Å². The molecule has 31 heavy (non-hydrogen) atoms. The number of halogens is 1. The average Bonchev–Trinajstić information content (AvgIpc) is 3.15. The Hall–Kier alpha value is -2.92. The molecule has 1 aromatic heterocycles. The van der Waals surface area contributed by atoms with Crippen molar-refractivity contribution in [2.75, 3.05) is 0 Å². The normalized spacial score (nSPS) is 23.6. The predicted molar refractivity (Wildman–Crippen MR) is 118 cm³/mol. The van der Waals surface area contributed by atoms with Gasteiger partial charge in [0, 0.05) is 0 Å². The summed E-state index contributed by atoms with van der Waals surface area (Å²) in [7, 11) is 0. The number of benzene rings is 2. The van der Waals surface area contributed by atoms with Gasteiger partial charge in [-0.3, -0.25) is 0 Å². The van der Waals surface area contributed by atoms with E-state index < -0.39 is 17.7 Å². The molecule has 5 rings (SSSR count). The number of phenolic OH excluding ortho intramolecular Hbond substituents is 1. The predicted octanol–water partition coefficient (Wildman–Crippen LogP) is 5.50. The molecule has 1 fully saturated rings. The zero-order valence-electron chi connectivity index (χ0n) is 17.8. The lowest BCUT2D eigenvalue weighted by atomic mass is 9.57. The molecular weight excluding hydrogens is 391 g/mol. The van der Waals surface area contributed by atoms with Crippen LogP contribution in [0.4, 0.5) is 4.39 Å². The summed E-state index contributed by atoms with van der Waals surface area (Å²) in [6.45, 7) is 4.30. The Morgan fingerprint density at radius 2 is 1.97 bits per heavy atom. The van der Waals surface area contributed by atoms with E-state index >= 15 is 0 Å². The maximum Gasteiger partial charge on any atom is 0.164 e. The summed E-state index contributed by atoms with van der Waals surface area (Å²) in [6, 6.07) is 12.5. The number of allylic oxidation sites excluding steroid dienone is 1. The van der Waals surface area contributed by atoms with E-state index in [1.54, 1.807) is 6.07 Å². The van der Waals surface area contributed by atoms with Crippen molar-refractivity contribution in [2.45, 2.75) is 45.6 Å². The van der Waals surface area contributed by atoms with Gasteiger partial charge in [-0.25, -0.2) is 9.07 Å². The van der Waals surface area contributed by atoms with E-state index in [1.165, 1.54) is 28.8 Å². The summed E-state index contributed by atoms with van der Waals surface area (Å²) < 4.78 is 15.5. The minimum atomic E-state index is -0.770. The number of aromatic nitrogens is 2. The molecule has 0 spiro atoms. The third kappa shape index (κ3) is 3.28. The van der Waals surface area contributed by atoms with Crippen molar-refractivity contribution in [2.24, 2.45) is 11.3 Å². The molecule has 0 aliphatic heterocycles. The summed E-state index contributed by atoms with van der Waals surface area (Å²) in [6.07, 6.45) is 7.09. The molecule has 5 heteroatoms. The first kappa shape index (κ1) is 20.0. The van der Waals surface area contributed by atoms with Gasteiger partial charge < -0.3 is 10.2 Å². The van der Waals surface area contributed by atoms with Crippen LogP contribution in [-0.2, 0) is 6.42 Å². The highest BCUT2D eigenvalue weighted by Crippen LogP contribution is 2.54. The van der Waals surface area contributed by atoms with Crippen LogP contribution in [0.3, 0.4) is 0 Å². The second-order valence-electron chi connectivity index (χ2n) is 9.22. The van der Waals surface area contributed by atoms with Gasteiger partial charge in [-0.05, 0) is 85.4 Å². The SMILES string of the molecule is Cc1ccc(-n2ncc3c2C=C2CCCC(C(O)c4ccc(F)c(O)c4)C2(C)C3)cc1. The summed E-state index contributed by atoms with van der Waals surface area (Å²) in [4.78, 5) is 0. The molecule has 0 saturated heterocycles. The van der Waals surface area contributed by atoms with E-state index in [2.05, 4.69) is 49.3 Å². The number of hydrogen-bond donors (Lipinski definition) is 2. The van der Waals surface area contributed by atoms with Crippen molar-refractivity contribution in [3.63, 3.8) is 0 Å². The molecule has 0 radical (unpaired) electrons. The first-order chi connectivity index (χ1) is 14.9. The smallest absolute Gasteiger partial charge is 0.164 e. The molecule has 4 nitrogen and oxygen atoms in total. The zero-order chi connectivity index (χ0) is 21.8.